The van der Waals surface area contributed by atoms with E-state index in [4.69, 9.17) is 5.73 Å². The lowest BCUT2D eigenvalue weighted by Gasteiger charge is -2.53. The molecular weight excluding hydrogens is 442 g/mol. The molecule has 0 saturated heterocycles. The van der Waals surface area contributed by atoms with Crippen molar-refractivity contribution in [2.24, 2.45) is 23.5 Å². The van der Waals surface area contributed by atoms with Crippen LogP contribution in [0.3, 0.4) is 0 Å². The van der Waals surface area contributed by atoms with Crippen molar-refractivity contribution < 1.29 is 34.8 Å². The van der Waals surface area contributed by atoms with E-state index in [1.807, 2.05) is 19.0 Å². The third-order valence-electron chi connectivity index (χ3n) is 7.74. The monoisotopic (exact) mass is 473 g/mol. The number of amides is 1. The van der Waals surface area contributed by atoms with Crippen LogP contribution in [0.4, 0.5) is 5.69 Å². The summed E-state index contributed by atoms with van der Waals surface area (Å²) < 4.78 is 0. The summed E-state index contributed by atoms with van der Waals surface area (Å²) in [5.41, 5.74) is 4.59. The Morgan fingerprint density at radius 3 is 2.32 bits per heavy atom. The number of aryl methyl sites for hydroxylation is 1. The van der Waals surface area contributed by atoms with E-state index in [-0.39, 0.29) is 29.7 Å². The number of nitrogens with two attached hydrogens (primary N) is 1. The third-order valence-corrected chi connectivity index (χ3v) is 7.74. The molecule has 1 aromatic rings. The average molecular weight is 474 g/mol. The van der Waals surface area contributed by atoms with Crippen LogP contribution < -0.4 is 10.6 Å². The standard InChI is InChI=1S/C24H31N3O7/c1-9-6-13(26(2)3)11-7-10-8-12-17(27(4)5)20(30)16(23(25)33)22(32)24(12,34)21(31)14(10)19(29)15(11)18(9)28/h6,10,12,16-17,20,28-30,34H,7-8H2,1-5H3,(H2,25,33)/t10-,12-,16?,17?,20?,24-/m1/s1. The van der Waals surface area contributed by atoms with Gasteiger partial charge in [0.05, 0.1) is 11.7 Å². The second kappa shape index (κ2) is 7.79. The number of aromatic hydroxyl groups is 1. The molecular formula is C24H31N3O7. The lowest BCUT2D eigenvalue weighted by molar-refractivity contribution is -0.184. The predicted molar refractivity (Wildman–Crippen MR) is 123 cm³/mol. The Labute approximate surface area is 197 Å². The van der Waals surface area contributed by atoms with Gasteiger partial charge in [-0.2, -0.15) is 0 Å². The van der Waals surface area contributed by atoms with Gasteiger partial charge in [0.15, 0.2) is 11.4 Å². The van der Waals surface area contributed by atoms with Crippen LogP contribution in [-0.4, -0.2) is 88.7 Å². The third kappa shape index (κ3) is 3.02. The molecule has 0 aromatic heterocycles. The summed E-state index contributed by atoms with van der Waals surface area (Å²) in [4.78, 5) is 42.5. The fourth-order valence-corrected chi connectivity index (χ4v) is 6.18. The number of hydrogen-bond acceptors (Lipinski definition) is 9. The van der Waals surface area contributed by atoms with E-state index in [0.717, 1.165) is 5.69 Å². The molecule has 0 bridgehead atoms. The Bertz CT molecular complexity index is 1140. The number of phenolic OH excluding ortho intramolecular Hbond substituents is 1. The first-order chi connectivity index (χ1) is 15.7. The summed E-state index contributed by atoms with van der Waals surface area (Å²) >= 11 is 0. The van der Waals surface area contributed by atoms with Crippen LogP contribution in [-0.2, 0) is 20.8 Å². The van der Waals surface area contributed by atoms with E-state index in [1.54, 1.807) is 32.0 Å². The molecule has 4 rings (SSSR count). The SMILES string of the molecule is Cc1cc(N(C)C)c2c(c1O)C(O)=C1C(=O)[C@@]3(O)C(=O)C(C(N)=O)C(O)C(N(C)C)[C@H]3C[C@H]1C2. The number of carbonyl (C=O) groups is 3. The number of aliphatic hydroxyl groups is 3. The van der Waals surface area contributed by atoms with Crippen molar-refractivity contribution >= 4 is 28.9 Å². The van der Waals surface area contributed by atoms with E-state index < -0.39 is 58.7 Å². The fraction of sp³-hybridized carbons (Fsp3) is 0.542. The topological polar surface area (TPSA) is 165 Å². The number of likely N-dealkylation sites (N-methyl/N-ethyl adjacent to an activating group) is 1. The quantitative estimate of drug-likeness (QED) is 0.364. The van der Waals surface area contributed by atoms with Crippen molar-refractivity contribution in [1.82, 2.24) is 4.90 Å². The van der Waals surface area contributed by atoms with E-state index in [2.05, 4.69) is 0 Å². The van der Waals surface area contributed by atoms with Crippen LogP contribution >= 0.6 is 0 Å². The highest BCUT2D eigenvalue weighted by Crippen LogP contribution is 2.53. The zero-order valence-electron chi connectivity index (χ0n) is 19.9. The molecule has 0 heterocycles. The first-order valence-corrected chi connectivity index (χ1v) is 11.2. The number of primary amides is 1. The Hall–Kier alpha value is -2.95. The molecule has 10 nitrogen and oxygen atoms in total. The van der Waals surface area contributed by atoms with E-state index in [1.165, 1.54) is 0 Å². The van der Waals surface area contributed by atoms with Gasteiger partial charge in [-0.15, -0.1) is 0 Å². The van der Waals surface area contributed by atoms with Gasteiger partial charge in [0.2, 0.25) is 11.7 Å². The number of Topliss-reactive ketones (excluding diaryl/α,β-unsaturated/α-hetero) is 2. The molecule has 1 aromatic carbocycles. The molecule has 0 radical (unpaired) electrons. The van der Waals surface area contributed by atoms with Gasteiger partial charge in [-0.1, -0.05) is 0 Å². The van der Waals surface area contributed by atoms with Gasteiger partial charge in [0.1, 0.15) is 17.4 Å². The van der Waals surface area contributed by atoms with Crippen molar-refractivity contribution in [2.45, 2.75) is 37.5 Å². The predicted octanol–water partition coefficient (Wildman–Crippen LogP) is -0.497. The summed E-state index contributed by atoms with van der Waals surface area (Å²) in [6.07, 6.45) is -1.13. The Morgan fingerprint density at radius 2 is 1.79 bits per heavy atom. The van der Waals surface area contributed by atoms with Gasteiger partial charge in [0, 0.05) is 37.3 Å². The second-order valence-corrected chi connectivity index (χ2v) is 10.1. The van der Waals surface area contributed by atoms with Crippen LogP contribution in [0.1, 0.15) is 23.1 Å². The first-order valence-electron chi connectivity index (χ1n) is 11.2. The normalized spacial score (nSPS) is 32.9. The molecule has 3 aliphatic carbocycles. The fourth-order valence-electron chi connectivity index (χ4n) is 6.18. The maximum atomic E-state index is 13.8. The van der Waals surface area contributed by atoms with E-state index in [9.17, 15) is 34.8 Å². The van der Waals surface area contributed by atoms with Gasteiger partial charge in [-0.3, -0.25) is 14.4 Å². The largest absolute Gasteiger partial charge is 0.507 e. The van der Waals surface area contributed by atoms with Gasteiger partial charge in [-0.05, 0) is 57.0 Å². The number of anilines is 1. The molecule has 6 atom stereocenters. The number of nitrogens with zero attached hydrogens (tertiary/aromatic N) is 2. The Balaban J connectivity index is 1.96. The summed E-state index contributed by atoms with van der Waals surface area (Å²) in [6, 6.07) is 0.885. The molecule has 1 amide bonds. The molecule has 3 aliphatic rings. The molecule has 10 heteroatoms. The van der Waals surface area contributed by atoms with Crippen molar-refractivity contribution in [3.63, 3.8) is 0 Å². The lowest BCUT2D eigenvalue weighted by Crippen LogP contribution is -2.73. The van der Waals surface area contributed by atoms with Crippen molar-refractivity contribution in [3.05, 3.63) is 28.3 Å². The number of fused-ring (bicyclic) bond motifs is 3. The maximum Gasteiger partial charge on any atom is 0.230 e. The molecule has 2 fully saturated rings. The minimum atomic E-state index is -2.64. The highest BCUT2D eigenvalue weighted by molar-refractivity contribution is 6.25. The molecule has 184 valence electrons. The highest BCUT2D eigenvalue weighted by atomic mass is 16.3. The number of ketones is 2. The minimum absolute atomic E-state index is 0.0969. The maximum absolute atomic E-state index is 13.8. The van der Waals surface area contributed by atoms with Crippen molar-refractivity contribution in [3.8, 4) is 5.75 Å². The molecule has 34 heavy (non-hydrogen) atoms. The van der Waals surface area contributed by atoms with Crippen LogP contribution in [0.25, 0.3) is 5.76 Å². The number of aliphatic hydroxyl groups excluding tert-OH is 2. The summed E-state index contributed by atoms with van der Waals surface area (Å²) in [6.45, 7) is 1.67. The molecule has 3 unspecified atom stereocenters. The van der Waals surface area contributed by atoms with Crippen LogP contribution in [0.5, 0.6) is 5.75 Å². The number of hydrogen-bond donors (Lipinski definition) is 5. The zero-order valence-corrected chi connectivity index (χ0v) is 19.9. The Morgan fingerprint density at radius 1 is 1.18 bits per heavy atom. The van der Waals surface area contributed by atoms with Crippen LogP contribution in [0, 0.1) is 24.7 Å². The minimum Gasteiger partial charge on any atom is -0.507 e. The Kier molecular flexibility index (Phi) is 5.54. The number of rotatable bonds is 3. The summed E-state index contributed by atoms with van der Waals surface area (Å²) in [5.74, 6) is -7.35. The molecule has 2 saturated carbocycles. The van der Waals surface area contributed by atoms with Gasteiger partial charge in [-0.25, -0.2) is 0 Å². The van der Waals surface area contributed by atoms with Crippen LogP contribution in [0.15, 0.2) is 11.6 Å². The van der Waals surface area contributed by atoms with Crippen molar-refractivity contribution in [2.75, 3.05) is 33.1 Å². The first kappa shape index (κ1) is 24.2. The van der Waals surface area contributed by atoms with Crippen LogP contribution in [0.2, 0.25) is 0 Å². The highest BCUT2D eigenvalue weighted by Gasteiger charge is 2.67. The number of carbonyl (C=O) groups excluding carboxylic acids is 3. The van der Waals surface area contributed by atoms with Gasteiger partial charge in [0.25, 0.3) is 0 Å². The smallest absolute Gasteiger partial charge is 0.230 e. The molecule has 0 spiro atoms. The molecule has 0 aliphatic heterocycles. The zero-order chi connectivity index (χ0) is 25.4. The van der Waals surface area contributed by atoms with E-state index in [0.29, 0.717) is 11.1 Å². The number of benzene rings is 1. The van der Waals surface area contributed by atoms with Gasteiger partial charge < -0.3 is 36.0 Å². The summed E-state index contributed by atoms with van der Waals surface area (Å²) in [5, 5.41) is 44.5. The lowest BCUT2D eigenvalue weighted by atomic mass is 9.54. The molecule has 6 N–H and O–H groups in total. The average Bonchev–Trinajstić information content (AvgIpc) is 2.72. The van der Waals surface area contributed by atoms with Gasteiger partial charge >= 0.3 is 0 Å². The number of phenols is 1. The summed E-state index contributed by atoms with van der Waals surface area (Å²) in [7, 11) is 6.90. The second-order valence-electron chi connectivity index (χ2n) is 10.1. The van der Waals surface area contributed by atoms with Crippen molar-refractivity contribution in [1.29, 1.82) is 0 Å². The van der Waals surface area contributed by atoms with E-state index >= 15 is 0 Å².